The molecule has 5 rings (SSSR count). The van der Waals surface area contributed by atoms with Crippen LogP contribution in [0.25, 0.3) is 11.0 Å². The van der Waals surface area contributed by atoms with Gasteiger partial charge in [-0.1, -0.05) is 19.3 Å². The predicted octanol–water partition coefficient (Wildman–Crippen LogP) is 4.42. The van der Waals surface area contributed by atoms with Crippen LogP contribution in [-0.2, 0) is 16.9 Å². The third kappa shape index (κ3) is 3.26. The molecule has 5 heteroatoms. The average molecular weight is 409 g/mol. The minimum atomic E-state index is -0.127. The average Bonchev–Trinajstić information content (AvgIpc) is 3.31. The van der Waals surface area contributed by atoms with Crippen LogP contribution in [0.2, 0.25) is 0 Å². The lowest BCUT2D eigenvalue weighted by atomic mass is 9.84. The van der Waals surface area contributed by atoms with Gasteiger partial charge in [0, 0.05) is 12.5 Å². The van der Waals surface area contributed by atoms with E-state index in [1.165, 1.54) is 67.4 Å². The lowest BCUT2D eigenvalue weighted by Crippen LogP contribution is -2.51. The van der Waals surface area contributed by atoms with E-state index in [-0.39, 0.29) is 17.4 Å². The molecule has 0 unspecified atom stereocenters. The Hall–Kier alpha value is -1.88. The second-order valence-corrected chi connectivity index (χ2v) is 10.2. The van der Waals surface area contributed by atoms with E-state index in [4.69, 9.17) is 10.7 Å². The van der Waals surface area contributed by atoms with E-state index in [1.54, 1.807) is 0 Å². The number of hydrogen-bond acceptors (Lipinski definition) is 3. The van der Waals surface area contributed by atoms with E-state index in [2.05, 4.69) is 35.4 Å². The van der Waals surface area contributed by atoms with Gasteiger partial charge in [-0.3, -0.25) is 9.69 Å². The van der Waals surface area contributed by atoms with Crippen molar-refractivity contribution in [1.82, 2.24) is 14.5 Å². The topological polar surface area (TPSA) is 64.2 Å². The molecule has 2 aliphatic carbocycles. The van der Waals surface area contributed by atoms with Gasteiger partial charge < -0.3 is 10.3 Å². The van der Waals surface area contributed by atoms with Crippen LogP contribution in [0.4, 0.5) is 0 Å². The second-order valence-electron chi connectivity index (χ2n) is 10.2. The van der Waals surface area contributed by atoms with Crippen molar-refractivity contribution in [2.45, 2.75) is 83.7 Å². The fourth-order valence-electron chi connectivity index (χ4n) is 6.09. The lowest BCUT2D eigenvalue weighted by Gasteiger charge is -2.44. The van der Waals surface area contributed by atoms with E-state index in [9.17, 15) is 4.79 Å². The summed E-state index contributed by atoms with van der Waals surface area (Å²) in [6, 6.07) is 4.65. The van der Waals surface area contributed by atoms with Crippen molar-refractivity contribution in [2.75, 3.05) is 13.1 Å². The number of rotatable bonds is 5. The number of aryl methyl sites for hydroxylation is 2. The maximum absolute atomic E-state index is 11.7. The zero-order valence-electron chi connectivity index (χ0n) is 18.6. The molecule has 162 valence electrons. The molecule has 1 aromatic carbocycles. The maximum Gasteiger partial charge on any atom is 0.220 e. The van der Waals surface area contributed by atoms with Crippen molar-refractivity contribution in [3.05, 3.63) is 29.1 Å². The first-order valence-electron chi connectivity index (χ1n) is 12.0. The molecule has 2 N–H and O–H groups in total. The molecule has 0 radical (unpaired) electrons. The summed E-state index contributed by atoms with van der Waals surface area (Å²) in [5.74, 6) is 2.00. The Kier molecular flexibility index (Phi) is 5.12. The highest BCUT2D eigenvalue weighted by atomic mass is 16.1. The van der Waals surface area contributed by atoms with Gasteiger partial charge in [0.15, 0.2) is 0 Å². The number of carbonyl (C=O) groups excluding carboxylic acids is 1. The quantitative estimate of drug-likeness (QED) is 0.796. The zero-order valence-corrected chi connectivity index (χ0v) is 18.6. The number of amides is 1. The first-order chi connectivity index (χ1) is 14.5. The molecule has 30 heavy (non-hydrogen) atoms. The highest BCUT2D eigenvalue weighted by molar-refractivity contribution is 5.78. The van der Waals surface area contributed by atoms with E-state index in [0.717, 1.165) is 43.9 Å². The van der Waals surface area contributed by atoms with Gasteiger partial charge in [-0.2, -0.15) is 0 Å². The van der Waals surface area contributed by atoms with Crippen LogP contribution < -0.4 is 5.73 Å². The summed E-state index contributed by atoms with van der Waals surface area (Å²) in [5.41, 5.74) is 10.8. The van der Waals surface area contributed by atoms with Crippen LogP contribution in [0.5, 0.6) is 0 Å². The fourth-order valence-corrected chi connectivity index (χ4v) is 6.09. The Morgan fingerprint density at radius 3 is 2.33 bits per heavy atom. The van der Waals surface area contributed by atoms with E-state index in [0.29, 0.717) is 0 Å². The third-order valence-electron chi connectivity index (χ3n) is 8.38. The summed E-state index contributed by atoms with van der Waals surface area (Å²) in [7, 11) is 0. The van der Waals surface area contributed by atoms with Gasteiger partial charge in [-0.15, -0.1) is 0 Å². The minimum absolute atomic E-state index is 0.0210. The molecule has 0 spiro atoms. The summed E-state index contributed by atoms with van der Waals surface area (Å²) in [6.07, 6.45) is 10.7. The minimum Gasteiger partial charge on any atom is -0.369 e. The number of nitrogens with zero attached hydrogens (tertiary/aromatic N) is 3. The van der Waals surface area contributed by atoms with E-state index >= 15 is 0 Å². The van der Waals surface area contributed by atoms with Crippen molar-refractivity contribution in [3.8, 4) is 0 Å². The van der Waals surface area contributed by atoms with Gasteiger partial charge in [0.05, 0.1) is 16.6 Å². The number of hydrogen-bond donors (Lipinski definition) is 1. The lowest BCUT2D eigenvalue weighted by molar-refractivity contribution is -0.123. The van der Waals surface area contributed by atoms with Crippen molar-refractivity contribution in [2.24, 2.45) is 17.6 Å². The Labute approximate surface area is 180 Å². The molecule has 2 aromatic rings. The molecule has 1 amide bonds. The molecule has 0 bridgehead atoms. The Morgan fingerprint density at radius 1 is 1.07 bits per heavy atom. The first-order valence-corrected chi connectivity index (χ1v) is 12.0. The fraction of sp³-hybridized carbons (Fsp3) is 0.680. The van der Waals surface area contributed by atoms with Crippen LogP contribution in [-0.4, -0.2) is 33.4 Å². The number of likely N-dealkylation sites (tertiary alicyclic amines) is 1. The van der Waals surface area contributed by atoms with Crippen LogP contribution in [0.1, 0.15) is 74.7 Å². The van der Waals surface area contributed by atoms with Crippen molar-refractivity contribution < 1.29 is 4.79 Å². The standard InChI is InChI=1S/C25H36N4O/c1-17-14-21-22(15-18(17)2)29(16-19-6-5-7-19)24(27-21)25(10-3-4-11-25)28-12-8-20(9-13-28)23(26)30/h14-15,19-20H,3-13,16H2,1-2H3,(H2,26,30). The molecule has 1 aliphatic heterocycles. The maximum atomic E-state index is 11.7. The molecular weight excluding hydrogens is 372 g/mol. The van der Waals surface area contributed by atoms with Crippen LogP contribution in [0.3, 0.4) is 0 Å². The summed E-state index contributed by atoms with van der Waals surface area (Å²) < 4.78 is 2.59. The smallest absolute Gasteiger partial charge is 0.220 e. The number of aromatic nitrogens is 2. The number of fused-ring (bicyclic) bond motifs is 1. The normalized spacial score (nSPS) is 23.1. The number of benzene rings is 1. The van der Waals surface area contributed by atoms with Crippen molar-refractivity contribution in [3.63, 3.8) is 0 Å². The van der Waals surface area contributed by atoms with Crippen LogP contribution in [0.15, 0.2) is 12.1 Å². The molecule has 1 saturated heterocycles. The Morgan fingerprint density at radius 2 is 1.73 bits per heavy atom. The number of piperidine rings is 1. The van der Waals surface area contributed by atoms with Gasteiger partial charge in [0.2, 0.25) is 5.91 Å². The number of imidazole rings is 1. The largest absolute Gasteiger partial charge is 0.369 e. The van der Waals surface area contributed by atoms with Gasteiger partial charge in [0.25, 0.3) is 0 Å². The molecule has 1 aromatic heterocycles. The third-order valence-corrected chi connectivity index (χ3v) is 8.38. The second kappa shape index (κ2) is 7.67. The molecular formula is C25H36N4O. The first kappa shape index (κ1) is 20.0. The summed E-state index contributed by atoms with van der Waals surface area (Å²) in [6.45, 7) is 7.43. The zero-order chi connectivity index (χ0) is 20.9. The van der Waals surface area contributed by atoms with Crippen molar-refractivity contribution >= 4 is 16.9 Å². The van der Waals surface area contributed by atoms with Crippen molar-refractivity contribution in [1.29, 1.82) is 0 Å². The summed E-state index contributed by atoms with van der Waals surface area (Å²) in [4.78, 5) is 19.7. The predicted molar refractivity (Wildman–Crippen MR) is 120 cm³/mol. The number of primary amides is 1. The highest BCUT2D eigenvalue weighted by Gasteiger charge is 2.46. The Balaban J connectivity index is 1.58. The number of nitrogens with two attached hydrogens (primary N) is 1. The van der Waals surface area contributed by atoms with Gasteiger partial charge in [0.1, 0.15) is 5.82 Å². The van der Waals surface area contributed by atoms with Crippen LogP contribution in [0, 0.1) is 25.7 Å². The molecule has 5 nitrogen and oxygen atoms in total. The molecule has 2 heterocycles. The van der Waals surface area contributed by atoms with Crippen LogP contribution >= 0.6 is 0 Å². The number of carbonyl (C=O) groups is 1. The SMILES string of the molecule is Cc1cc2nc(C3(N4CCC(C(N)=O)CC4)CCCC3)n(CC3CCC3)c2cc1C. The van der Waals surface area contributed by atoms with Gasteiger partial charge in [-0.05, 0) is 94.6 Å². The monoisotopic (exact) mass is 408 g/mol. The molecule has 0 atom stereocenters. The van der Waals surface area contributed by atoms with Gasteiger partial charge in [-0.25, -0.2) is 4.98 Å². The summed E-state index contributed by atoms with van der Waals surface area (Å²) >= 11 is 0. The highest BCUT2D eigenvalue weighted by Crippen LogP contribution is 2.46. The van der Waals surface area contributed by atoms with E-state index in [1.807, 2.05) is 0 Å². The van der Waals surface area contributed by atoms with E-state index < -0.39 is 0 Å². The Bertz CT molecular complexity index is 944. The summed E-state index contributed by atoms with van der Waals surface area (Å²) in [5, 5.41) is 0. The molecule has 3 aliphatic rings. The molecule has 2 saturated carbocycles. The molecule has 3 fully saturated rings. The van der Waals surface area contributed by atoms with Gasteiger partial charge >= 0.3 is 0 Å².